The van der Waals surface area contributed by atoms with Gasteiger partial charge in [-0.1, -0.05) is 37.3 Å². The molecule has 0 bridgehead atoms. The molecule has 0 aromatic heterocycles. The Morgan fingerprint density at radius 2 is 2.06 bits per heavy atom. The first-order valence-electron chi connectivity index (χ1n) is 5.95. The van der Waals surface area contributed by atoms with Crippen molar-refractivity contribution in [2.45, 2.75) is 44.9 Å². The van der Waals surface area contributed by atoms with E-state index in [1.54, 1.807) is 0 Å². The highest BCUT2D eigenvalue weighted by atomic mass is 16.4. The second-order valence-corrected chi connectivity index (χ2v) is 4.41. The third kappa shape index (κ3) is 5.00. The molecule has 92 valence electrons. The van der Waals surface area contributed by atoms with Crippen LogP contribution in [0.3, 0.4) is 0 Å². The number of nitrogens with zero attached hydrogens (tertiary/aromatic N) is 1. The van der Waals surface area contributed by atoms with E-state index < -0.39 is 0 Å². The van der Waals surface area contributed by atoms with Crippen LogP contribution in [0.2, 0.25) is 0 Å². The average Bonchev–Trinajstić information content (AvgIpc) is 2.30. The summed E-state index contributed by atoms with van der Waals surface area (Å²) in [5.41, 5.74) is 5.23. The summed E-state index contributed by atoms with van der Waals surface area (Å²) < 4.78 is 0. The van der Waals surface area contributed by atoms with Crippen LogP contribution in [0.4, 0.5) is 0 Å². The quantitative estimate of drug-likeness (QED) is 0.285. The van der Waals surface area contributed by atoms with E-state index in [2.05, 4.69) is 10.5 Å². The Hall–Kier alpha value is -1.26. The first kappa shape index (κ1) is 12.8. The zero-order valence-corrected chi connectivity index (χ0v) is 9.61. The molecule has 0 atom stereocenters. The number of nitrogens with one attached hydrogen (secondary N) is 1. The molecule has 1 fully saturated rings. The van der Waals surface area contributed by atoms with E-state index in [-0.39, 0.29) is 18.2 Å². The number of amidine groups is 1. The van der Waals surface area contributed by atoms with Crippen LogP contribution in [0.5, 0.6) is 0 Å². The summed E-state index contributed by atoms with van der Waals surface area (Å²) in [5.74, 6) is 0.541. The summed E-state index contributed by atoms with van der Waals surface area (Å²) in [6, 6.07) is 0. The maximum Gasteiger partial charge on any atom is 0.227 e. The maximum absolute atomic E-state index is 11.3. The molecule has 1 saturated carbocycles. The third-order valence-electron chi connectivity index (χ3n) is 3.07. The number of hydrogen-bond acceptors (Lipinski definition) is 3. The molecule has 1 aliphatic carbocycles. The molecule has 0 radical (unpaired) electrons. The van der Waals surface area contributed by atoms with Crippen LogP contribution in [0.1, 0.15) is 44.9 Å². The lowest BCUT2D eigenvalue weighted by Gasteiger charge is -2.21. The fourth-order valence-corrected chi connectivity index (χ4v) is 2.15. The second kappa shape index (κ2) is 7.09. The lowest BCUT2D eigenvalue weighted by Crippen LogP contribution is -2.30. The normalized spacial score (nSPS) is 18.4. The van der Waals surface area contributed by atoms with E-state index in [1.165, 1.54) is 32.1 Å². The number of carbonyl (C=O) groups excluding carboxylic acids is 1. The van der Waals surface area contributed by atoms with Crippen LogP contribution in [0, 0.1) is 5.92 Å². The van der Waals surface area contributed by atoms with Crippen molar-refractivity contribution < 1.29 is 10.0 Å². The molecule has 5 nitrogen and oxygen atoms in total. The Morgan fingerprint density at radius 3 is 2.69 bits per heavy atom. The summed E-state index contributed by atoms with van der Waals surface area (Å²) in [6.45, 7) is 0.697. The first-order valence-corrected chi connectivity index (χ1v) is 5.95. The van der Waals surface area contributed by atoms with Crippen LogP contribution in [-0.2, 0) is 4.79 Å². The predicted molar refractivity (Wildman–Crippen MR) is 62.2 cm³/mol. The molecule has 1 aliphatic rings. The SMILES string of the molecule is N/C(CC(=O)NCCC1CCCCC1)=N\O. The number of nitrogens with two attached hydrogens (primary N) is 1. The summed E-state index contributed by atoms with van der Waals surface area (Å²) in [5, 5.41) is 13.8. The summed E-state index contributed by atoms with van der Waals surface area (Å²) >= 11 is 0. The Morgan fingerprint density at radius 1 is 1.38 bits per heavy atom. The van der Waals surface area contributed by atoms with Gasteiger partial charge in [-0.05, 0) is 12.3 Å². The number of amides is 1. The molecule has 0 aromatic rings. The van der Waals surface area contributed by atoms with Gasteiger partial charge in [0.1, 0.15) is 5.84 Å². The van der Waals surface area contributed by atoms with Gasteiger partial charge >= 0.3 is 0 Å². The molecule has 1 amide bonds. The fraction of sp³-hybridized carbons (Fsp3) is 0.818. The van der Waals surface area contributed by atoms with E-state index >= 15 is 0 Å². The molecule has 0 saturated heterocycles. The van der Waals surface area contributed by atoms with Gasteiger partial charge in [-0.3, -0.25) is 4.79 Å². The Balaban J connectivity index is 2.07. The van der Waals surface area contributed by atoms with Crippen LogP contribution in [-0.4, -0.2) is 23.5 Å². The largest absolute Gasteiger partial charge is 0.409 e. The average molecular weight is 227 g/mol. The van der Waals surface area contributed by atoms with Crippen molar-refractivity contribution in [3.63, 3.8) is 0 Å². The number of hydrogen-bond donors (Lipinski definition) is 3. The van der Waals surface area contributed by atoms with E-state index in [4.69, 9.17) is 10.9 Å². The van der Waals surface area contributed by atoms with Crippen molar-refractivity contribution in [1.82, 2.24) is 5.32 Å². The molecule has 16 heavy (non-hydrogen) atoms. The van der Waals surface area contributed by atoms with Crippen LogP contribution >= 0.6 is 0 Å². The molecule has 1 rings (SSSR count). The van der Waals surface area contributed by atoms with Crippen LogP contribution < -0.4 is 11.1 Å². The van der Waals surface area contributed by atoms with Gasteiger partial charge in [0.25, 0.3) is 0 Å². The minimum absolute atomic E-state index is 0.0266. The van der Waals surface area contributed by atoms with Gasteiger partial charge in [0.05, 0.1) is 6.42 Å². The van der Waals surface area contributed by atoms with Crippen molar-refractivity contribution >= 4 is 11.7 Å². The molecule has 0 spiro atoms. The highest BCUT2D eigenvalue weighted by Crippen LogP contribution is 2.25. The van der Waals surface area contributed by atoms with Gasteiger partial charge in [-0.2, -0.15) is 0 Å². The van der Waals surface area contributed by atoms with Gasteiger partial charge in [0, 0.05) is 6.54 Å². The summed E-state index contributed by atoms with van der Waals surface area (Å²) in [7, 11) is 0. The lowest BCUT2D eigenvalue weighted by atomic mass is 9.87. The van der Waals surface area contributed by atoms with Gasteiger partial charge in [-0.25, -0.2) is 0 Å². The van der Waals surface area contributed by atoms with Crippen molar-refractivity contribution in [3.8, 4) is 0 Å². The van der Waals surface area contributed by atoms with Crippen molar-refractivity contribution in [1.29, 1.82) is 0 Å². The van der Waals surface area contributed by atoms with Crippen molar-refractivity contribution in [3.05, 3.63) is 0 Å². The Bertz CT molecular complexity index is 248. The minimum Gasteiger partial charge on any atom is -0.409 e. The highest BCUT2D eigenvalue weighted by molar-refractivity contribution is 5.98. The van der Waals surface area contributed by atoms with Gasteiger partial charge in [0.15, 0.2) is 0 Å². The highest BCUT2D eigenvalue weighted by Gasteiger charge is 2.13. The maximum atomic E-state index is 11.3. The smallest absolute Gasteiger partial charge is 0.227 e. The number of rotatable bonds is 5. The fourth-order valence-electron chi connectivity index (χ4n) is 2.15. The third-order valence-corrected chi connectivity index (χ3v) is 3.07. The van der Waals surface area contributed by atoms with Gasteiger partial charge in [-0.15, -0.1) is 0 Å². The Labute approximate surface area is 96.1 Å². The zero-order chi connectivity index (χ0) is 11.8. The molecule has 0 heterocycles. The molecule has 0 unspecified atom stereocenters. The zero-order valence-electron chi connectivity index (χ0n) is 9.61. The molecule has 0 aliphatic heterocycles. The number of oxime groups is 1. The van der Waals surface area contributed by atoms with E-state index in [0.717, 1.165) is 12.3 Å². The lowest BCUT2D eigenvalue weighted by molar-refractivity contribution is -0.120. The Kier molecular flexibility index (Phi) is 5.67. The second-order valence-electron chi connectivity index (χ2n) is 4.41. The monoisotopic (exact) mass is 227 g/mol. The summed E-state index contributed by atoms with van der Waals surface area (Å²) in [6.07, 6.45) is 7.59. The summed E-state index contributed by atoms with van der Waals surface area (Å²) in [4.78, 5) is 11.3. The first-order chi connectivity index (χ1) is 7.72. The molecule has 0 aromatic carbocycles. The van der Waals surface area contributed by atoms with Crippen LogP contribution in [0.15, 0.2) is 5.16 Å². The van der Waals surface area contributed by atoms with E-state index in [1.807, 2.05) is 0 Å². The standard InChI is InChI=1S/C11H21N3O2/c12-10(14-16)8-11(15)13-7-6-9-4-2-1-3-5-9/h9,16H,1-8H2,(H2,12,14)(H,13,15). The number of carbonyl (C=O) groups is 1. The van der Waals surface area contributed by atoms with Crippen molar-refractivity contribution in [2.75, 3.05) is 6.54 Å². The predicted octanol–water partition coefficient (Wildman–Crippen LogP) is 1.21. The van der Waals surface area contributed by atoms with Gasteiger partial charge in [0.2, 0.25) is 5.91 Å². The minimum atomic E-state index is -0.175. The van der Waals surface area contributed by atoms with E-state index in [9.17, 15) is 4.79 Å². The van der Waals surface area contributed by atoms with Crippen LogP contribution in [0.25, 0.3) is 0 Å². The topological polar surface area (TPSA) is 87.7 Å². The molecule has 5 heteroatoms. The molecular weight excluding hydrogens is 206 g/mol. The van der Waals surface area contributed by atoms with Gasteiger partial charge < -0.3 is 16.3 Å². The van der Waals surface area contributed by atoms with E-state index in [0.29, 0.717) is 6.54 Å². The molecular formula is C11H21N3O2. The molecule has 4 N–H and O–H groups in total. The van der Waals surface area contributed by atoms with Crippen molar-refractivity contribution in [2.24, 2.45) is 16.8 Å².